The third kappa shape index (κ3) is 4.04. The Hall–Kier alpha value is -1.32. The first kappa shape index (κ1) is 12.7. The SMILES string of the molecule is Oc1cccc(CCCCCC(F)F)c1O. The Morgan fingerprint density at radius 3 is 2.50 bits per heavy atom. The Morgan fingerprint density at radius 2 is 1.81 bits per heavy atom. The molecule has 4 heteroatoms. The Balaban J connectivity index is 2.29. The van der Waals surface area contributed by atoms with Crippen molar-refractivity contribution in [2.24, 2.45) is 0 Å². The number of para-hydroxylation sites is 1. The van der Waals surface area contributed by atoms with E-state index in [2.05, 4.69) is 0 Å². The van der Waals surface area contributed by atoms with Crippen LogP contribution in [-0.4, -0.2) is 16.6 Å². The van der Waals surface area contributed by atoms with Gasteiger partial charge in [-0.05, 0) is 30.9 Å². The summed E-state index contributed by atoms with van der Waals surface area (Å²) in [5.41, 5.74) is 0.664. The lowest BCUT2D eigenvalue weighted by molar-refractivity contribution is 0.134. The number of unbranched alkanes of at least 4 members (excludes halogenated alkanes) is 2. The van der Waals surface area contributed by atoms with Gasteiger partial charge < -0.3 is 10.2 Å². The summed E-state index contributed by atoms with van der Waals surface area (Å²) in [5.74, 6) is -0.235. The van der Waals surface area contributed by atoms with Crippen molar-refractivity contribution in [3.63, 3.8) is 0 Å². The summed E-state index contributed by atoms with van der Waals surface area (Å²) in [5, 5.41) is 18.7. The number of phenols is 2. The highest BCUT2D eigenvalue weighted by Crippen LogP contribution is 2.29. The molecule has 1 rings (SSSR count). The number of hydrogen-bond donors (Lipinski definition) is 2. The van der Waals surface area contributed by atoms with Crippen molar-refractivity contribution in [1.29, 1.82) is 0 Å². The lowest BCUT2D eigenvalue weighted by atomic mass is 10.0. The van der Waals surface area contributed by atoms with E-state index in [4.69, 9.17) is 0 Å². The molecular formula is C12H16F2O2. The number of rotatable bonds is 6. The minimum absolute atomic E-state index is 0.0635. The molecule has 0 unspecified atom stereocenters. The average molecular weight is 230 g/mol. The molecule has 0 fully saturated rings. The fraction of sp³-hybridized carbons (Fsp3) is 0.500. The van der Waals surface area contributed by atoms with E-state index in [1.54, 1.807) is 12.1 Å². The maximum atomic E-state index is 11.8. The van der Waals surface area contributed by atoms with Crippen LogP contribution in [0.25, 0.3) is 0 Å². The molecule has 0 radical (unpaired) electrons. The zero-order chi connectivity index (χ0) is 12.0. The van der Waals surface area contributed by atoms with Gasteiger partial charge in [-0.2, -0.15) is 0 Å². The molecular weight excluding hydrogens is 214 g/mol. The van der Waals surface area contributed by atoms with Crippen LogP contribution in [0, 0.1) is 0 Å². The number of phenolic OH excluding ortho intramolecular Hbond substituents is 2. The third-order valence-corrected chi connectivity index (χ3v) is 2.47. The number of halogens is 2. The fourth-order valence-corrected chi connectivity index (χ4v) is 1.57. The molecule has 0 spiro atoms. The first-order valence-electron chi connectivity index (χ1n) is 5.39. The van der Waals surface area contributed by atoms with Gasteiger partial charge in [0.25, 0.3) is 0 Å². The molecule has 16 heavy (non-hydrogen) atoms. The summed E-state index contributed by atoms with van der Waals surface area (Å²) in [6.45, 7) is 0. The zero-order valence-electron chi connectivity index (χ0n) is 9.00. The van der Waals surface area contributed by atoms with Crippen LogP contribution in [0.4, 0.5) is 8.78 Å². The predicted molar refractivity (Wildman–Crippen MR) is 57.9 cm³/mol. The predicted octanol–water partition coefficient (Wildman–Crippen LogP) is 3.47. The standard InChI is InChI=1S/C12H16F2O2/c13-11(14)8-3-1-2-5-9-6-4-7-10(15)12(9)16/h4,6-7,11,15-16H,1-3,5,8H2. The van der Waals surface area contributed by atoms with Gasteiger partial charge in [-0.25, -0.2) is 8.78 Å². The lowest BCUT2D eigenvalue weighted by Crippen LogP contribution is -1.91. The van der Waals surface area contributed by atoms with E-state index in [-0.39, 0.29) is 17.9 Å². The first-order chi connectivity index (χ1) is 7.61. The number of hydrogen-bond acceptors (Lipinski definition) is 2. The molecule has 0 atom stereocenters. The molecule has 0 aliphatic rings. The van der Waals surface area contributed by atoms with Gasteiger partial charge in [0.2, 0.25) is 6.43 Å². The Bertz CT molecular complexity index is 327. The number of aryl methyl sites for hydroxylation is 1. The number of alkyl halides is 2. The normalized spacial score (nSPS) is 10.9. The van der Waals surface area contributed by atoms with Crippen LogP contribution in [0.1, 0.15) is 31.2 Å². The van der Waals surface area contributed by atoms with Crippen LogP contribution in [0.2, 0.25) is 0 Å². The Morgan fingerprint density at radius 1 is 1.06 bits per heavy atom. The average Bonchev–Trinajstić information content (AvgIpc) is 2.23. The first-order valence-corrected chi connectivity index (χ1v) is 5.39. The van der Waals surface area contributed by atoms with Gasteiger partial charge in [-0.1, -0.05) is 18.6 Å². The van der Waals surface area contributed by atoms with E-state index >= 15 is 0 Å². The van der Waals surface area contributed by atoms with Crippen molar-refractivity contribution in [3.8, 4) is 11.5 Å². The molecule has 0 heterocycles. The maximum absolute atomic E-state index is 11.8. The van der Waals surface area contributed by atoms with Gasteiger partial charge in [-0.3, -0.25) is 0 Å². The zero-order valence-corrected chi connectivity index (χ0v) is 9.00. The summed E-state index contributed by atoms with van der Waals surface area (Å²) < 4.78 is 23.7. The Labute approximate surface area is 93.5 Å². The van der Waals surface area contributed by atoms with E-state index in [1.807, 2.05) is 0 Å². The molecule has 0 saturated heterocycles. The lowest BCUT2D eigenvalue weighted by Gasteiger charge is -2.05. The van der Waals surface area contributed by atoms with Gasteiger partial charge >= 0.3 is 0 Å². The van der Waals surface area contributed by atoms with E-state index in [1.165, 1.54) is 6.07 Å². The van der Waals surface area contributed by atoms with Crippen LogP contribution in [0.5, 0.6) is 11.5 Å². The molecule has 90 valence electrons. The van der Waals surface area contributed by atoms with E-state index in [0.717, 1.165) is 6.42 Å². The molecule has 0 amide bonds. The largest absolute Gasteiger partial charge is 0.504 e. The van der Waals surface area contributed by atoms with E-state index in [0.29, 0.717) is 24.8 Å². The van der Waals surface area contributed by atoms with Crippen molar-refractivity contribution < 1.29 is 19.0 Å². The van der Waals surface area contributed by atoms with Crippen LogP contribution < -0.4 is 0 Å². The highest BCUT2D eigenvalue weighted by molar-refractivity contribution is 5.44. The molecule has 2 N–H and O–H groups in total. The quantitative estimate of drug-likeness (QED) is 0.580. The number of benzene rings is 1. The van der Waals surface area contributed by atoms with Gasteiger partial charge in [-0.15, -0.1) is 0 Å². The maximum Gasteiger partial charge on any atom is 0.238 e. The third-order valence-electron chi connectivity index (χ3n) is 2.47. The molecule has 0 aliphatic carbocycles. The van der Waals surface area contributed by atoms with Gasteiger partial charge in [0.15, 0.2) is 11.5 Å². The minimum atomic E-state index is -2.23. The van der Waals surface area contributed by atoms with Gasteiger partial charge in [0.1, 0.15) is 0 Å². The van der Waals surface area contributed by atoms with Gasteiger partial charge in [0.05, 0.1) is 0 Å². The van der Waals surface area contributed by atoms with Crippen molar-refractivity contribution in [2.75, 3.05) is 0 Å². The second-order valence-electron chi connectivity index (χ2n) is 3.78. The summed E-state index contributed by atoms with van der Waals surface area (Å²) in [7, 11) is 0. The van der Waals surface area contributed by atoms with Crippen molar-refractivity contribution in [1.82, 2.24) is 0 Å². The smallest absolute Gasteiger partial charge is 0.238 e. The highest BCUT2D eigenvalue weighted by Gasteiger charge is 2.06. The summed E-state index contributed by atoms with van der Waals surface area (Å²) in [6, 6.07) is 4.79. The van der Waals surface area contributed by atoms with Crippen molar-refractivity contribution in [3.05, 3.63) is 23.8 Å². The van der Waals surface area contributed by atoms with E-state index < -0.39 is 6.43 Å². The van der Waals surface area contributed by atoms with Crippen LogP contribution in [0.15, 0.2) is 18.2 Å². The topological polar surface area (TPSA) is 40.5 Å². The molecule has 0 aliphatic heterocycles. The molecule has 1 aromatic rings. The second-order valence-corrected chi connectivity index (χ2v) is 3.78. The highest BCUT2D eigenvalue weighted by atomic mass is 19.3. The summed E-state index contributed by atoms with van der Waals surface area (Å²) in [4.78, 5) is 0. The molecule has 1 aromatic carbocycles. The molecule has 2 nitrogen and oxygen atoms in total. The van der Waals surface area contributed by atoms with Gasteiger partial charge in [0, 0.05) is 6.42 Å². The fourth-order valence-electron chi connectivity index (χ4n) is 1.57. The minimum Gasteiger partial charge on any atom is -0.504 e. The van der Waals surface area contributed by atoms with Crippen molar-refractivity contribution >= 4 is 0 Å². The number of aromatic hydroxyl groups is 2. The van der Waals surface area contributed by atoms with Crippen molar-refractivity contribution in [2.45, 2.75) is 38.5 Å². The summed E-state index contributed by atoms with van der Waals surface area (Å²) in [6.07, 6.45) is 0.254. The molecule has 0 saturated carbocycles. The van der Waals surface area contributed by atoms with Crippen LogP contribution in [-0.2, 0) is 6.42 Å². The Kier molecular flexibility index (Phi) is 5.02. The molecule has 0 bridgehead atoms. The van der Waals surface area contributed by atoms with Crippen LogP contribution >= 0.6 is 0 Å². The second kappa shape index (κ2) is 6.30. The monoisotopic (exact) mass is 230 g/mol. The van der Waals surface area contributed by atoms with Crippen LogP contribution in [0.3, 0.4) is 0 Å². The summed E-state index contributed by atoms with van der Waals surface area (Å²) >= 11 is 0. The van der Waals surface area contributed by atoms with E-state index in [9.17, 15) is 19.0 Å². The molecule has 0 aromatic heterocycles.